The lowest BCUT2D eigenvalue weighted by Crippen LogP contribution is -2.51. The summed E-state index contributed by atoms with van der Waals surface area (Å²) in [5.74, 6) is -0.348. The lowest BCUT2D eigenvalue weighted by Gasteiger charge is -2.32. The number of carbonyl (C=O) groups excluding carboxylic acids is 1. The van der Waals surface area contributed by atoms with Crippen molar-refractivity contribution in [3.8, 4) is 11.8 Å². The predicted molar refractivity (Wildman–Crippen MR) is 89.0 cm³/mol. The Bertz CT molecular complexity index is 594. The number of ether oxygens (including phenoxy) is 1. The Morgan fingerprint density at radius 3 is 2.75 bits per heavy atom. The number of benzene rings is 1. The number of nitrogens with zero attached hydrogens (tertiary/aromatic N) is 2. The first-order chi connectivity index (χ1) is 11.5. The second kappa shape index (κ2) is 8.65. The van der Waals surface area contributed by atoms with Crippen molar-refractivity contribution in [2.24, 2.45) is 0 Å². The van der Waals surface area contributed by atoms with Gasteiger partial charge in [0, 0.05) is 6.54 Å². The van der Waals surface area contributed by atoms with Crippen molar-refractivity contribution < 1.29 is 13.9 Å². The molecule has 0 radical (unpaired) electrons. The third-order valence-corrected chi connectivity index (χ3v) is 4.28. The zero-order valence-electron chi connectivity index (χ0n) is 14.1. The Labute approximate surface area is 142 Å². The minimum atomic E-state index is -0.708. The lowest BCUT2D eigenvalue weighted by atomic mass is 9.83. The van der Waals surface area contributed by atoms with Crippen LogP contribution in [0.3, 0.4) is 0 Å². The molecule has 0 bridgehead atoms. The smallest absolute Gasteiger partial charge is 0.235 e. The van der Waals surface area contributed by atoms with Gasteiger partial charge in [0.25, 0.3) is 0 Å². The zero-order valence-corrected chi connectivity index (χ0v) is 14.1. The number of nitrogens with one attached hydrogen (secondary N) is 1. The molecule has 1 fully saturated rings. The van der Waals surface area contributed by atoms with Crippen molar-refractivity contribution in [1.29, 1.82) is 5.26 Å². The molecule has 0 aromatic heterocycles. The van der Waals surface area contributed by atoms with Gasteiger partial charge in [-0.15, -0.1) is 0 Å². The minimum Gasteiger partial charge on any atom is -0.489 e. The van der Waals surface area contributed by atoms with Crippen molar-refractivity contribution in [3.63, 3.8) is 0 Å². The fraction of sp³-hybridized carbons (Fsp3) is 0.556. The number of amides is 1. The summed E-state index contributed by atoms with van der Waals surface area (Å²) in [6.07, 6.45) is 4.50. The number of hydrogen-bond acceptors (Lipinski definition) is 4. The Morgan fingerprint density at radius 1 is 1.38 bits per heavy atom. The highest BCUT2D eigenvalue weighted by molar-refractivity contribution is 5.79. The molecule has 1 aromatic rings. The Morgan fingerprint density at radius 2 is 2.08 bits per heavy atom. The fourth-order valence-electron chi connectivity index (χ4n) is 2.92. The summed E-state index contributed by atoms with van der Waals surface area (Å²) in [5.41, 5.74) is -0.708. The van der Waals surface area contributed by atoms with Crippen LogP contribution >= 0.6 is 0 Å². The van der Waals surface area contributed by atoms with Crippen LogP contribution in [-0.2, 0) is 4.79 Å². The maximum absolute atomic E-state index is 13.4. The summed E-state index contributed by atoms with van der Waals surface area (Å²) < 4.78 is 18.8. The van der Waals surface area contributed by atoms with Gasteiger partial charge in [0.2, 0.25) is 5.91 Å². The standard InChI is InChI=1S/C18H24FN3O2/c1-22(11-12-24-16-8-4-3-7-15(16)19)13-17(23)21-18(14-20)9-5-2-6-10-18/h3-4,7-8H,2,5-6,9-13H2,1H3,(H,21,23). The molecule has 1 N–H and O–H groups in total. The summed E-state index contributed by atoms with van der Waals surface area (Å²) >= 11 is 0. The van der Waals surface area contributed by atoms with E-state index in [1.54, 1.807) is 30.1 Å². The van der Waals surface area contributed by atoms with Crippen LogP contribution in [0.25, 0.3) is 0 Å². The molecular formula is C18H24FN3O2. The highest BCUT2D eigenvalue weighted by atomic mass is 19.1. The molecular weight excluding hydrogens is 309 g/mol. The van der Waals surface area contributed by atoms with Crippen molar-refractivity contribution >= 4 is 5.91 Å². The van der Waals surface area contributed by atoms with Gasteiger partial charge in [-0.1, -0.05) is 31.4 Å². The van der Waals surface area contributed by atoms with E-state index in [1.807, 2.05) is 0 Å². The Hall–Kier alpha value is -2.13. The van der Waals surface area contributed by atoms with E-state index < -0.39 is 11.4 Å². The van der Waals surface area contributed by atoms with E-state index in [-0.39, 0.29) is 24.8 Å². The molecule has 130 valence electrons. The summed E-state index contributed by atoms with van der Waals surface area (Å²) in [6, 6.07) is 8.51. The quantitative estimate of drug-likeness (QED) is 0.832. The van der Waals surface area contributed by atoms with E-state index in [1.165, 1.54) is 6.07 Å². The molecule has 1 aromatic carbocycles. The number of nitriles is 1. The molecule has 1 saturated carbocycles. The molecule has 24 heavy (non-hydrogen) atoms. The molecule has 0 saturated heterocycles. The normalized spacial score (nSPS) is 16.4. The van der Waals surface area contributed by atoms with Crippen LogP contribution in [0, 0.1) is 17.1 Å². The van der Waals surface area contributed by atoms with E-state index >= 15 is 0 Å². The maximum atomic E-state index is 13.4. The van der Waals surface area contributed by atoms with Crippen LogP contribution in [0.1, 0.15) is 32.1 Å². The average molecular weight is 333 g/mol. The summed E-state index contributed by atoms with van der Waals surface area (Å²) in [7, 11) is 1.80. The van der Waals surface area contributed by atoms with Crippen LogP contribution < -0.4 is 10.1 Å². The van der Waals surface area contributed by atoms with E-state index in [9.17, 15) is 14.4 Å². The van der Waals surface area contributed by atoms with Gasteiger partial charge in [0.15, 0.2) is 11.6 Å². The van der Waals surface area contributed by atoms with Crippen molar-refractivity contribution in [2.75, 3.05) is 26.7 Å². The van der Waals surface area contributed by atoms with Gasteiger partial charge in [-0.3, -0.25) is 9.69 Å². The number of halogens is 1. The van der Waals surface area contributed by atoms with Gasteiger partial charge in [-0.2, -0.15) is 5.26 Å². The molecule has 1 aliphatic carbocycles. The van der Waals surface area contributed by atoms with E-state index in [0.29, 0.717) is 6.54 Å². The molecule has 0 atom stereocenters. The minimum absolute atomic E-state index is 0.160. The lowest BCUT2D eigenvalue weighted by molar-refractivity contribution is -0.123. The summed E-state index contributed by atoms with van der Waals surface area (Å²) in [5, 5.41) is 12.3. The first-order valence-electron chi connectivity index (χ1n) is 8.33. The van der Waals surface area contributed by atoms with Gasteiger partial charge < -0.3 is 10.1 Å². The van der Waals surface area contributed by atoms with Gasteiger partial charge >= 0.3 is 0 Å². The molecule has 0 heterocycles. The van der Waals surface area contributed by atoms with Crippen molar-refractivity contribution in [3.05, 3.63) is 30.1 Å². The SMILES string of the molecule is CN(CCOc1ccccc1F)CC(=O)NC1(C#N)CCCCC1. The first-order valence-corrected chi connectivity index (χ1v) is 8.33. The van der Waals surface area contributed by atoms with Crippen LogP contribution in [0.15, 0.2) is 24.3 Å². The van der Waals surface area contributed by atoms with Crippen LogP contribution in [0.2, 0.25) is 0 Å². The molecule has 0 unspecified atom stereocenters. The number of hydrogen-bond donors (Lipinski definition) is 1. The zero-order chi connectivity index (χ0) is 17.4. The number of carbonyl (C=O) groups is 1. The molecule has 0 aliphatic heterocycles. The second-order valence-electron chi connectivity index (χ2n) is 6.32. The second-order valence-corrected chi connectivity index (χ2v) is 6.32. The summed E-state index contributed by atoms with van der Waals surface area (Å²) in [4.78, 5) is 14.0. The third-order valence-electron chi connectivity index (χ3n) is 4.28. The number of rotatable bonds is 7. The van der Waals surface area contributed by atoms with Crippen LogP contribution in [0.4, 0.5) is 4.39 Å². The first kappa shape index (κ1) is 18.2. The molecule has 0 spiro atoms. The maximum Gasteiger partial charge on any atom is 0.235 e. The van der Waals surface area contributed by atoms with Crippen LogP contribution in [-0.4, -0.2) is 43.1 Å². The fourth-order valence-corrected chi connectivity index (χ4v) is 2.92. The van der Waals surface area contributed by atoms with E-state index in [2.05, 4.69) is 11.4 Å². The molecule has 1 amide bonds. The number of para-hydroxylation sites is 1. The highest BCUT2D eigenvalue weighted by Crippen LogP contribution is 2.27. The topological polar surface area (TPSA) is 65.4 Å². The van der Waals surface area contributed by atoms with E-state index in [4.69, 9.17) is 4.74 Å². The van der Waals surface area contributed by atoms with E-state index in [0.717, 1.165) is 32.1 Å². The molecule has 2 rings (SSSR count). The van der Waals surface area contributed by atoms with Gasteiger partial charge in [0.1, 0.15) is 12.1 Å². The Balaban J connectivity index is 1.73. The van der Waals surface area contributed by atoms with Crippen molar-refractivity contribution in [1.82, 2.24) is 10.2 Å². The average Bonchev–Trinajstić information content (AvgIpc) is 2.57. The monoisotopic (exact) mass is 333 g/mol. The predicted octanol–water partition coefficient (Wildman–Crippen LogP) is 2.48. The molecule has 5 nitrogen and oxygen atoms in total. The van der Waals surface area contributed by atoms with Crippen molar-refractivity contribution in [2.45, 2.75) is 37.6 Å². The highest BCUT2D eigenvalue weighted by Gasteiger charge is 2.33. The van der Waals surface area contributed by atoms with Crippen LogP contribution in [0.5, 0.6) is 5.75 Å². The molecule has 6 heteroatoms. The summed E-state index contributed by atoms with van der Waals surface area (Å²) in [6.45, 7) is 0.958. The Kier molecular flexibility index (Phi) is 6.56. The largest absolute Gasteiger partial charge is 0.489 e. The third kappa shape index (κ3) is 5.20. The number of likely N-dealkylation sites (N-methyl/N-ethyl adjacent to an activating group) is 1. The van der Waals surface area contributed by atoms with Gasteiger partial charge in [-0.25, -0.2) is 4.39 Å². The molecule has 1 aliphatic rings. The van der Waals surface area contributed by atoms with Gasteiger partial charge in [0.05, 0.1) is 12.6 Å². The van der Waals surface area contributed by atoms with Gasteiger partial charge in [-0.05, 0) is 32.0 Å².